The fourth-order valence-electron chi connectivity index (χ4n) is 1.81. The van der Waals surface area contributed by atoms with Crippen LogP contribution in [0.3, 0.4) is 0 Å². The zero-order valence-corrected chi connectivity index (χ0v) is 11.5. The summed E-state index contributed by atoms with van der Waals surface area (Å²) in [4.78, 5) is 25.6. The summed E-state index contributed by atoms with van der Waals surface area (Å²) in [5.74, 6) is 0.893. The molecule has 3 N–H and O–H groups in total. The number of nitro groups is 1. The van der Waals surface area contributed by atoms with Gasteiger partial charge in [0.05, 0.1) is 4.92 Å². The Kier molecular flexibility index (Phi) is 3.40. The van der Waals surface area contributed by atoms with Gasteiger partial charge in [0.15, 0.2) is 16.6 Å². The number of aromatic nitrogens is 4. The van der Waals surface area contributed by atoms with E-state index in [4.69, 9.17) is 5.73 Å². The Hall–Kier alpha value is -2.68. The van der Waals surface area contributed by atoms with Crippen molar-refractivity contribution in [2.75, 3.05) is 5.73 Å². The molecule has 0 spiro atoms. The van der Waals surface area contributed by atoms with Crippen molar-refractivity contribution in [1.82, 2.24) is 19.9 Å². The summed E-state index contributed by atoms with van der Waals surface area (Å²) in [5.41, 5.74) is 7.74. The second-order valence-electron chi connectivity index (χ2n) is 4.22. The third kappa shape index (κ3) is 2.77. The highest BCUT2D eigenvalue weighted by atomic mass is 32.2. The number of nitro benzene ring substituents is 1. The molecule has 0 radical (unpaired) electrons. The molecule has 3 aromatic rings. The van der Waals surface area contributed by atoms with E-state index < -0.39 is 4.92 Å². The number of benzene rings is 1. The van der Waals surface area contributed by atoms with E-state index in [1.165, 1.54) is 24.2 Å². The van der Waals surface area contributed by atoms with Crippen LogP contribution in [0.1, 0.15) is 5.56 Å². The molecule has 8 nitrogen and oxygen atoms in total. The van der Waals surface area contributed by atoms with Gasteiger partial charge in [-0.2, -0.15) is 0 Å². The van der Waals surface area contributed by atoms with E-state index >= 15 is 0 Å². The summed E-state index contributed by atoms with van der Waals surface area (Å²) in [7, 11) is 0. The van der Waals surface area contributed by atoms with Crippen LogP contribution in [0.15, 0.2) is 35.7 Å². The van der Waals surface area contributed by atoms with E-state index in [0.717, 1.165) is 5.56 Å². The molecule has 106 valence electrons. The minimum absolute atomic E-state index is 0.0767. The highest BCUT2D eigenvalue weighted by molar-refractivity contribution is 7.98. The number of fused-ring (bicyclic) bond motifs is 1. The molecule has 0 bridgehead atoms. The number of nitrogens with zero attached hydrogens (tertiary/aromatic N) is 4. The Labute approximate surface area is 123 Å². The fraction of sp³-hybridized carbons (Fsp3) is 0.0833. The summed E-state index contributed by atoms with van der Waals surface area (Å²) in [6, 6.07) is 6.50. The molecule has 3 rings (SSSR count). The Morgan fingerprint density at radius 2 is 2.24 bits per heavy atom. The second-order valence-corrected chi connectivity index (χ2v) is 5.18. The average Bonchev–Trinajstić information content (AvgIpc) is 2.90. The van der Waals surface area contributed by atoms with E-state index in [2.05, 4.69) is 19.9 Å². The zero-order chi connectivity index (χ0) is 14.8. The van der Waals surface area contributed by atoms with Crippen LogP contribution in [-0.4, -0.2) is 24.9 Å². The van der Waals surface area contributed by atoms with E-state index in [0.29, 0.717) is 27.9 Å². The number of aromatic amines is 1. The van der Waals surface area contributed by atoms with Crippen molar-refractivity contribution in [2.24, 2.45) is 0 Å². The molecule has 1 aromatic carbocycles. The van der Waals surface area contributed by atoms with Gasteiger partial charge in [-0.15, -0.1) is 0 Å². The maximum Gasteiger partial charge on any atom is 0.269 e. The molecule has 0 aliphatic rings. The van der Waals surface area contributed by atoms with Crippen molar-refractivity contribution in [3.63, 3.8) is 0 Å². The van der Waals surface area contributed by atoms with Crippen molar-refractivity contribution in [3.05, 3.63) is 46.3 Å². The molecule has 2 heterocycles. The Balaban J connectivity index is 1.78. The lowest BCUT2D eigenvalue weighted by atomic mass is 10.2. The quantitative estimate of drug-likeness (QED) is 0.429. The summed E-state index contributed by atoms with van der Waals surface area (Å²) < 4.78 is 0. The lowest BCUT2D eigenvalue weighted by Gasteiger charge is -1.99. The molecule has 0 saturated heterocycles. The van der Waals surface area contributed by atoms with Crippen LogP contribution in [0, 0.1) is 10.1 Å². The molecule has 0 amide bonds. The number of thioether (sulfide) groups is 1. The number of rotatable bonds is 4. The topological polar surface area (TPSA) is 124 Å². The number of H-pyrrole nitrogens is 1. The highest BCUT2D eigenvalue weighted by Gasteiger charge is 2.09. The number of non-ortho nitro benzene ring substituents is 1. The van der Waals surface area contributed by atoms with Gasteiger partial charge < -0.3 is 10.7 Å². The monoisotopic (exact) mass is 302 g/mol. The van der Waals surface area contributed by atoms with Gasteiger partial charge in [0.1, 0.15) is 11.8 Å². The first-order valence-corrected chi connectivity index (χ1v) is 6.94. The molecule has 0 fully saturated rings. The number of anilines is 1. The number of hydrogen-bond donors (Lipinski definition) is 2. The maximum absolute atomic E-state index is 10.7. The van der Waals surface area contributed by atoms with E-state index in [1.54, 1.807) is 12.1 Å². The summed E-state index contributed by atoms with van der Waals surface area (Å²) in [5, 5.41) is 11.4. The number of nitrogen functional groups attached to an aromatic ring is 1. The smallest absolute Gasteiger partial charge is 0.269 e. The van der Waals surface area contributed by atoms with Crippen LogP contribution in [0.4, 0.5) is 11.5 Å². The highest BCUT2D eigenvalue weighted by Crippen LogP contribution is 2.25. The van der Waals surface area contributed by atoms with Crippen LogP contribution in [0.25, 0.3) is 11.2 Å². The largest absolute Gasteiger partial charge is 0.382 e. The SMILES string of the molecule is Nc1ncnc2nc(SCc3cccc([N+](=O)[O-])c3)[nH]c12. The predicted octanol–water partition coefficient (Wildman–Crippen LogP) is 2.14. The molecule has 0 saturated carbocycles. The van der Waals surface area contributed by atoms with Gasteiger partial charge in [-0.05, 0) is 5.56 Å². The molecule has 0 aliphatic carbocycles. The zero-order valence-electron chi connectivity index (χ0n) is 10.7. The summed E-state index contributed by atoms with van der Waals surface area (Å²) >= 11 is 1.42. The fourth-order valence-corrected chi connectivity index (χ4v) is 2.61. The first-order chi connectivity index (χ1) is 10.1. The average molecular weight is 302 g/mol. The van der Waals surface area contributed by atoms with Crippen molar-refractivity contribution in [2.45, 2.75) is 10.9 Å². The molecule has 2 aromatic heterocycles. The molecule has 9 heteroatoms. The standard InChI is InChI=1S/C12H10N6O2S/c13-10-9-11(15-6-14-10)17-12(16-9)21-5-7-2-1-3-8(4-7)18(19)20/h1-4,6H,5H2,(H3,13,14,15,16,17). The van der Waals surface area contributed by atoms with Crippen LogP contribution >= 0.6 is 11.8 Å². The van der Waals surface area contributed by atoms with Crippen LogP contribution in [0.5, 0.6) is 0 Å². The summed E-state index contributed by atoms with van der Waals surface area (Å²) in [6.45, 7) is 0. The molecule has 0 atom stereocenters. The third-order valence-corrected chi connectivity index (χ3v) is 3.74. The lowest BCUT2D eigenvalue weighted by molar-refractivity contribution is -0.384. The number of imidazole rings is 1. The molecule has 0 aliphatic heterocycles. The van der Waals surface area contributed by atoms with Crippen LogP contribution < -0.4 is 5.73 Å². The normalized spacial score (nSPS) is 10.9. The lowest BCUT2D eigenvalue weighted by Crippen LogP contribution is -1.91. The number of nitrogens with one attached hydrogen (secondary N) is 1. The van der Waals surface area contributed by atoms with Gasteiger partial charge in [-0.3, -0.25) is 10.1 Å². The van der Waals surface area contributed by atoms with Gasteiger partial charge in [-0.25, -0.2) is 15.0 Å². The Morgan fingerprint density at radius 1 is 1.38 bits per heavy atom. The van der Waals surface area contributed by atoms with E-state index in [1.807, 2.05) is 6.07 Å². The van der Waals surface area contributed by atoms with Gasteiger partial charge in [0, 0.05) is 17.9 Å². The predicted molar refractivity (Wildman–Crippen MR) is 78.8 cm³/mol. The van der Waals surface area contributed by atoms with E-state index in [9.17, 15) is 10.1 Å². The second kappa shape index (κ2) is 5.37. The molecular formula is C12H10N6O2S. The third-order valence-electron chi connectivity index (χ3n) is 2.79. The van der Waals surface area contributed by atoms with Crippen LogP contribution in [-0.2, 0) is 5.75 Å². The minimum atomic E-state index is -0.411. The Morgan fingerprint density at radius 3 is 3.00 bits per heavy atom. The number of nitrogens with two attached hydrogens (primary N) is 1. The van der Waals surface area contributed by atoms with Crippen molar-refractivity contribution >= 4 is 34.4 Å². The van der Waals surface area contributed by atoms with Gasteiger partial charge in [-0.1, -0.05) is 23.9 Å². The van der Waals surface area contributed by atoms with E-state index in [-0.39, 0.29) is 5.69 Å². The first kappa shape index (κ1) is 13.3. The summed E-state index contributed by atoms with van der Waals surface area (Å²) in [6.07, 6.45) is 1.35. The Bertz CT molecular complexity index is 818. The van der Waals surface area contributed by atoms with Crippen molar-refractivity contribution in [3.8, 4) is 0 Å². The van der Waals surface area contributed by atoms with Gasteiger partial charge in [0.25, 0.3) is 5.69 Å². The van der Waals surface area contributed by atoms with Gasteiger partial charge in [0.2, 0.25) is 0 Å². The molecule has 21 heavy (non-hydrogen) atoms. The van der Waals surface area contributed by atoms with Crippen LogP contribution in [0.2, 0.25) is 0 Å². The number of hydrogen-bond acceptors (Lipinski definition) is 7. The minimum Gasteiger partial charge on any atom is -0.382 e. The first-order valence-electron chi connectivity index (χ1n) is 5.96. The van der Waals surface area contributed by atoms with Crippen molar-refractivity contribution < 1.29 is 4.92 Å². The molecule has 0 unspecified atom stereocenters. The van der Waals surface area contributed by atoms with Gasteiger partial charge >= 0.3 is 0 Å². The van der Waals surface area contributed by atoms with Crippen molar-refractivity contribution in [1.29, 1.82) is 0 Å². The molecular weight excluding hydrogens is 292 g/mol. The maximum atomic E-state index is 10.7.